The lowest BCUT2D eigenvalue weighted by Gasteiger charge is -2.18. The topological polar surface area (TPSA) is 110 Å². The Morgan fingerprint density at radius 3 is 2.55 bits per heavy atom. The third-order valence-corrected chi connectivity index (χ3v) is 2.38. The number of nitrogens with two attached hydrogens (primary N) is 1. The van der Waals surface area contributed by atoms with Gasteiger partial charge in [0.1, 0.15) is 5.69 Å². The summed E-state index contributed by atoms with van der Waals surface area (Å²) in [6.45, 7) is 7.64. The number of primary amides is 1. The number of carbonyl (C=O) groups is 2. The lowest BCUT2D eigenvalue weighted by atomic mass is 10.1. The predicted molar refractivity (Wildman–Crippen MR) is 73.0 cm³/mol. The molecule has 7 heteroatoms. The number of amides is 2. The van der Waals surface area contributed by atoms with Crippen LogP contribution in [0.25, 0.3) is 0 Å². The van der Waals surface area contributed by atoms with Crippen LogP contribution in [0.5, 0.6) is 0 Å². The van der Waals surface area contributed by atoms with E-state index in [1.807, 2.05) is 13.8 Å². The summed E-state index contributed by atoms with van der Waals surface area (Å²) in [5, 5.41) is 16.2. The number of aliphatic hydroxyl groups is 1. The second kappa shape index (κ2) is 6.04. The number of nitrogens with one attached hydrogen (secondary N) is 1. The minimum atomic E-state index is -1.02. The van der Waals surface area contributed by atoms with E-state index in [0.717, 1.165) is 0 Å². The van der Waals surface area contributed by atoms with E-state index in [2.05, 4.69) is 16.5 Å². The van der Waals surface area contributed by atoms with Gasteiger partial charge in [-0.15, -0.1) is 0 Å². The highest BCUT2D eigenvalue weighted by Gasteiger charge is 2.21. The molecule has 0 aromatic carbocycles. The maximum Gasteiger partial charge on any atom is 0.270 e. The van der Waals surface area contributed by atoms with Crippen LogP contribution in [-0.2, 0) is 6.54 Å². The largest absolute Gasteiger partial charge is 0.389 e. The highest BCUT2D eigenvalue weighted by molar-refractivity contribution is 5.96. The van der Waals surface area contributed by atoms with Gasteiger partial charge >= 0.3 is 0 Å². The van der Waals surface area contributed by atoms with Gasteiger partial charge in [-0.1, -0.05) is 13.8 Å². The summed E-state index contributed by atoms with van der Waals surface area (Å²) in [4.78, 5) is 23.2. The zero-order valence-electron chi connectivity index (χ0n) is 12.2. The van der Waals surface area contributed by atoms with Crippen LogP contribution in [0.2, 0.25) is 0 Å². The first-order valence-electron chi connectivity index (χ1n) is 6.40. The van der Waals surface area contributed by atoms with Crippen LogP contribution in [0, 0.1) is 12.0 Å². The monoisotopic (exact) mass is 281 g/mol. The average molecular weight is 281 g/mol. The molecule has 0 unspecified atom stereocenters. The van der Waals surface area contributed by atoms with Crippen molar-refractivity contribution in [1.29, 1.82) is 0 Å². The Hall–Kier alpha value is -1.89. The van der Waals surface area contributed by atoms with E-state index in [0.29, 0.717) is 6.54 Å². The number of nitrogens with zero attached hydrogens (tertiary/aromatic N) is 2. The molecule has 1 radical (unpaired) electrons. The highest BCUT2D eigenvalue weighted by atomic mass is 16.3. The molecule has 20 heavy (non-hydrogen) atoms. The number of rotatable bonds is 6. The summed E-state index contributed by atoms with van der Waals surface area (Å²) < 4.78 is 1.41. The minimum Gasteiger partial charge on any atom is -0.389 e. The maximum absolute atomic E-state index is 12.1. The smallest absolute Gasteiger partial charge is 0.270 e. The van der Waals surface area contributed by atoms with Gasteiger partial charge in [-0.2, -0.15) is 5.10 Å². The van der Waals surface area contributed by atoms with Crippen molar-refractivity contribution in [3.8, 4) is 0 Å². The van der Waals surface area contributed by atoms with Gasteiger partial charge in [0.25, 0.3) is 11.8 Å². The average Bonchev–Trinajstić information content (AvgIpc) is 2.68. The zero-order chi connectivity index (χ0) is 15.5. The van der Waals surface area contributed by atoms with Crippen LogP contribution in [0.15, 0.2) is 0 Å². The quantitative estimate of drug-likeness (QED) is 0.678. The van der Waals surface area contributed by atoms with E-state index in [4.69, 9.17) is 5.73 Å². The Morgan fingerprint density at radius 2 is 2.10 bits per heavy atom. The molecule has 0 aliphatic carbocycles. The molecule has 0 aliphatic heterocycles. The zero-order valence-corrected chi connectivity index (χ0v) is 12.2. The van der Waals surface area contributed by atoms with Gasteiger partial charge in [0.2, 0.25) is 0 Å². The molecule has 1 heterocycles. The summed E-state index contributed by atoms with van der Waals surface area (Å²) in [6.07, 6.45) is 0. The summed E-state index contributed by atoms with van der Waals surface area (Å²) in [6, 6.07) is 2.61. The summed E-state index contributed by atoms with van der Waals surface area (Å²) in [5.74, 6) is -0.943. The fourth-order valence-electron chi connectivity index (χ4n) is 1.52. The van der Waals surface area contributed by atoms with Gasteiger partial charge in [0, 0.05) is 13.1 Å². The van der Waals surface area contributed by atoms with Crippen molar-refractivity contribution in [2.75, 3.05) is 6.54 Å². The summed E-state index contributed by atoms with van der Waals surface area (Å²) >= 11 is 0. The molecule has 0 spiro atoms. The van der Waals surface area contributed by atoms with Crippen molar-refractivity contribution in [2.24, 2.45) is 11.7 Å². The standard InChI is InChI=1S/C13H21N4O3/c1-8(2)6-17-10(5-9(16-17)11(14)18)12(19)15-7-13(3,4)20/h8,20H,6-7H2,1-4H3,(H2,14,18)(H,15,19). The maximum atomic E-state index is 12.1. The van der Waals surface area contributed by atoms with Crippen molar-refractivity contribution in [2.45, 2.75) is 39.8 Å². The SMILES string of the molecule is CC(C)Cn1nc(C(N)=O)[c]c1C(=O)NCC(C)(C)O. The fraction of sp³-hybridized carbons (Fsp3) is 0.615. The summed E-state index contributed by atoms with van der Waals surface area (Å²) in [5.41, 5.74) is 4.20. The lowest BCUT2D eigenvalue weighted by molar-refractivity contribution is 0.0688. The van der Waals surface area contributed by atoms with Crippen molar-refractivity contribution < 1.29 is 14.7 Å². The van der Waals surface area contributed by atoms with Crippen LogP contribution in [0.3, 0.4) is 0 Å². The van der Waals surface area contributed by atoms with Crippen LogP contribution < -0.4 is 11.1 Å². The van der Waals surface area contributed by atoms with Gasteiger partial charge in [0.15, 0.2) is 5.69 Å². The molecule has 0 saturated carbocycles. The van der Waals surface area contributed by atoms with E-state index in [9.17, 15) is 14.7 Å². The second-order valence-corrected chi connectivity index (χ2v) is 5.76. The van der Waals surface area contributed by atoms with Crippen LogP contribution in [0.4, 0.5) is 0 Å². The van der Waals surface area contributed by atoms with Crippen LogP contribution in [0.1, 0.15) is 48.7 Å². The Bertz CT molecular complexity index is 500. The van der Waals surface area contributed by atoms with Gasteiger partial charge in [-0.05, 0) is 19.8 Å². The number of aromatic nitrogens is 2. The Kier molecular flexibility index (Phi) is 4.88. The van der Waals surface area contributed by atoms with E-state index in [-0.39, 0.29) is 23.9 Å². The molecule has 0 aliphatic rings. The molecule has 1 rings (SSSR count). The van der Waals surface area contributed by atoms with E-state index >= 15 is 0 Å². The molecule has 1 aromatic heterocycles. The van der Waals surface area contributed by atoms with Crippen LogP contribution >= 0.6 is 0 Å². The second-order valence-electron chi connectivity index (χ2n) is 5.76. The van der Waals surface area contributed by atoms with Crippen LogP contribution in [-0.4, -0.2) is 38.8 Å². The van der Waals surface area contributed by atoms with Crippen molar-refractivity contribution in [1.82, 2.24) is 15.1 Å². The third-order valence-electron chi connectivity index (χ3n) is 2.38. The first-order chi connectivity index (χ1) is 9.10. The van der Waals surface area contributed by atoms with E-state index in [1.54, 1.807) is 13.8 Å². The normalized spacial score (nSPS) is 11.7. The fourth-order valence-corrected chi connectivity index (χ4v) is 1.52. The molecule has 0 atom stereocenters. The van der Waals surface area contributed by atoms with E-state index < -0.39 is 17.4 Å². The Labute approximate surface area is 118 Å². The third kappa shape index (κ3) is 4.65. The molecule has 4 N–H and O–H groups in total. The first kappa shape index (κ1) is 16.2. The minimum absolute atomic E-state index is 0.0703. The van der Waals surface area contributed by atoms with Crippen molar-refractivity contribution >= 4 is 11.8 Å². The van der Waals surface area contributed by atoms with Crippen molar-refractivity contribution in [3.63, 3.8) is 0 Å². The summed E-state index contributed by atoms with van der Waals surface area (Å²) in [7, 11) is 0. The van der Waals surface area contributed by atoms with Gasteiger partial charge in [-0.3, -0.25) is 14.3 Å². The van der Waals surface area contributed by atoms with Gasteiger partial charge < -0.3 is 16.2 Å². The lowest BCUT2D eigenvalue weighted by Crippen LogP contribution is -2.39. The van der Waals surface area contributed by atoms with E-state index in [1.165, 1.54) is 4.68 Å². The molecule has 2 amide bonds. The highest BCUT2D eigenvalue weighted by Crippen LogP contribution is 2.08. The molecule has 0 bridgehead atoms. The first-order valence-corrected chi connectivity index (χ1v) is 6.40. The van der Waals surface area contributed by atoms with Gasteiger partial charge in [-0.25, -0.2) is 0 Å². The number of hydrogen-bond donors (Lipinski definition) is 3. The molecule has 1 aromatic rings. The number of carbonyl (C=O) groups excluding carboxylic acids is 2. The molecule has 0 saturated heterocycles. The molecule has 111 valence electrons. The Balaban J connectivity index is 2.96. The molecule has 7 nitrogen and oxygen atoms in total. The molecular formula is C13H21N4O3. The predicted octanol–water partition coefficient (Wildman–Crippen LogP) is -0.0611. The van der Waals surface area contributed by atoms with Crippen molar-refractivity contribution in [3.05, 3.63) is 17.5 Å². The Morgan fingerprint density at radius 1 is 1.50 bits per heavy atom. The molecule has 0 fully saturated rings. The molecular weight excluding hydrogens is 260 g/mol. The number of hydrogen-bond acceptors (Lipinski definition) is 4. The van der Waals surface area contributed by atoms with Gasteiger partial charge in [0.05, 0.1) is 11.7 Å².